The van der Waals surface area contributed by atoms with Gasteiger partial charge in [0, 0.05) is 17.8 Å². The second kappa shape index (κ2) is 9.52. The summed E-state index contributed by atoms with van der Waals surface area (Å²) in [5, 5.41) is 26.2. The van der Waals surface area contributed by atoms with Gasteiger partial charge in [-0.3, -0.25) is 0 Å². The second-order valence-corrected chi connectivity index (χ2v) is 7.60. The predicted octanol–water partition coefficient (Wildman–Crippen LogP) is 2.96. The third-order valence-corrected chi connectivity index (χ3v) is 5.26. The van der Waals surface area contributed by atoms with Crippen LogP contribution in [-0.4, -0.2) is 42.4 Å². The lowest BCUT2D eigenvalue weighted by Gasteiger charge is -2.16. The SMILES string of the molecule is CCC(CO)Nc1nc(NCc2cc(N)ccc2O)c2ncn(Cc3ccccc3)c2n1. The van der Waals surface area contributed by atoms with Gasteiger partial charge in [-0.1, -0.05) is 37.3 Å². The average molecular weight is 434 g/mol. The molecule has 9 nitrogen and oxygen atoms in total. The Morgan fingerprint density at radius 3 is 2.69 bits per heavy atom. The Morgan fingerprint density at radius 1 is 1.12 bits per heavy atom. The first-order chi connectivity index (χ1) is 15.6. The number of benzene rings is 2. The molecule has 0 spiro atoms. The standard InChI is InChI=1S/C23H27N7O2/c1-2-18(13-31)27-23-28-21(25-11-16-10-17(24)8-9-19(16)32)20-22(29-23)30(14-26-20)12-15-6-4-3-5-7-15/h3-10,14,18,31-32H,2,11-13,24H2,1H3,(H2,25,27,28,29). The van der Waals surface area contributed by atoms with Gasteiger partial charge in [0.2, 0.25) is 5.95 Å². The molecule has 1 unspecified atom stereocenters. The molecule has 32 heavy (non-hydrogen) atoms. The normalized spacial score (nSPS) is 12.1. The quantitative estimate of drug-likeness (QED) is 0.201. The number of nitrogens with two attached hydrogens (primary N) is 1. The molecule has 0 amide bonds. The Morgan fingerprint density at radius 2 is 1.94 bits per heavy atom. The zero-order valence-corrected chi connectivity index (χ0v) is 17.9. The summed E-state index contributed by atoms with van der Waals surface area (Å²) < 4.78 is 1.96. The number of aromatic nitrogens is 4. The fraction of sp³-hybridized carbons (Fsp3) is 0.261. The number of hydrogen-bond acceptors (Lipinski definition) is 8. The third-order valence-electron chi connectivity index (χ3n) is 5.26. The van der Waals surface area contributed by atoms with E-state index in [9.17, 15) is 10.2 Å². The van der Waals surface area contributed by atoms with Crippen molar-refractivity contribution in [1.82, 2.24) is 19.5 Å². The fourth-order valence-electron chi connectivity index (χ4n) is 3.41. The van der Waals surface area contributed by atoms with Crippen molar-refractivity contribution in [2.45, 2.75) is 32.5 Å². The topological polar surface area (TPSA) is 134 Å². The lowest BCUT2D eigenvalue weighted by Crippen LogP contribution is -2.24. The van der Waals surface area contributed by atoms with E-state index in [1.165, 1.54) is 0 Å². The summed E-state index contributed by atoms with van der Waals surface area (Å²) in [7, 11) is 0. The average Bonchev–Trinajstić information content (AvgIpc) is 3.21. The van der Waals surface area contributed by atoms with Crippen LogP contribution < -0.4 is 16.4 Å². The van der Waals surface area contributed by atoms with E-state index in [0.29, 0.717) is 47.3 Å². The molecule has 6 N–H and O–H groups in total. The maximum Gasteiger partial charge on any atom is 0.227 e. The first-order valence-corrected chi connectivity index (χ1v) is 10.5. The Balaban J connectivity index is 1.70. The first kappa shape index (κ1) is 21.4. The van der Waals surface area contributed by atoms with Crippen LogP contribution in [0.1, 0.15) is 24.5 Å². The number of nitrogens with zero attached hydrogens (tertiary/aromatic N) is 4. The molecule has 0 aliphatic rings. The predicted molar refractivity (Wildman–Crippen MR) is 126 cm³/mol. The van der Waals surface area contributed by atoms with Crippen LogP contribution in [0.5, 0.6) is 5.75 Å². The summed E-state index contributed by atoms with van der Waals surface area (Å²) in [5.41, 5.74) is 9.48. The van der Waals surface area contributed by atoms with E-state index in [1.807, 2.05) is 41.8 Å². The number of phenols is 1. The number of aromatic hydroxyl groups is 1. The number of aliphatic hydroxyl groups excluding tert-OH is 1. The summed E-state index contributed by atoms with van der Waals surface area (Å²) in [6.45, 7) is 2.88. The van der Waals surface area contributed by atoms with Crippen LogP contribution in [-0.2, 0) is 13.1 Å². The molecule has 2 aromatic carbocycles. The summed E-state index contributed by atoms with van der Waals surface area (Å²) in [4.78, 5) is 13.8. The molecule has 0 saturated heterocycles. The number of nitrogen functional groups attached to an aromatic ring is 1. The largest absolute Gasteiger partial charge is 0.508 e. The van der Waals surface area contributed by atoms with Crippen molar-refractivity contribution >= 4 is 28.6 Å². The van der Waals surface area contributed by atoms with E-state index in [2.05, 4.69) is 25.6 Å². The van der Waals surface area contributed by atoms with Gasteiger partial charge in [0.15, 0.2) is 17.0 Å². The third kappa shape index (κ3) is 4.73. The van der Waals surface area contributed by atoms with Gasteiger partial charge >= 0.3 is 0 Å². The number of hydrogen-bond donors (Lipinski definition) is 5. The molecular formula is C23H27N7O2. The minimum atomic E-state index is -0.163. The van der Waals surface area contributed by atoms with E-state index in [1.54, 1.807) is 24.5 Å². The van der Waals surface area contributed by atoms with Gasteiger partial charge in [0.25, 0.3) is 0 Å². The first-order valence-electron chi connectivity index (χ1n) is 10.5. The maximum atomic E-state index is 10.1. The molecule has 4 rings (SSSR count). The molecule has 9 heteroatoms. The number of aliphatic hydroxyl groups is 1. The second-order valence-electron chi connectivity index (χ2n) is 7.60. The molecule has 0 aliphatic heterocycles. The summed E-state index contributed by atoms with van der Waals surface area (Å²) in [6.07, 6.45) is 2.46. The van der Waals surface area contributed by atoms with Crippen molar-refractivity contribution in [2.24, 2.45) is 0 Å². The number of fused-ring (bicyclic) bond motifs is 1. The van der Waals surface area contributed by atoms with Crippen LogP contribution in [0.3, 0.4) is 0 Å². The summed E-state index contributed by atoms with van der Waals surface area (Å²) in [6, 6.07) is 14.8. The minimum Gasteiger partial charge on any atom is -0.508 e. The number of imidazole rings is 1. The highest BCUT2D eigenvalue weighted by Crippen LogP contribution is 2.25. The van der Waals surface area contributed by atoms with Gasteiger partial charge in [-0.05, 0) is 30.2 Å². The van der Waals surface area contributed by atoms with Crippen LogP contribution in [0, 0.1) is 0 Å². The van der Waals surface area contributed by atoms with Crippen LogP contribution in [0.4, 0.5) is 17.5 Å². The van der Waals surface area contributed by atoms with E-state index in [0.717, 1.165) is 12.0 Å². The monoisotopic (exact) mass is 433 g/mol. The van der Waals surface area contributed by atoms with Gasteiger partial charge in [-0.2, -0.15) is 9.97 Å². The van der Waals surface area contributed by atoms with Gasteiger partial charge in [0.05, 0.1) is 25.5 Å². The van der Waals surface area contributed by atoms with Gasteiger partial charge in [-0.15, -0.1) is 0 Å². The lowest BCUT2D eigenvalue weighted by atomic mass is 10.2. The molecule has 0 bridgehead atoms. The van der Waals surface area contributed by atoms with E-state index >= 15 is 0 Å². The number of nitrogens with one attached hydrogen (secondary N) is 2. The Kier molecular flexibility index (Phi) is 6.37. The van der Waals surface area contributed by atoms with Crippen molar-refractivity contribution < 1.29 is 10.2 Å². The highest BCUT2D eigenvalue weighted by Gasteiger charge is 2.16. The molecule has 2 heterocycles. The number of anilines is 3. The molecule has 0 saturated carbocycles. The Bertz CT molecular complexity index is 1190. The fourth-order valence-corrected chi connectivity index (χ4v) is 3.41. The molecule has 166 valence electrons. The zero-order valence-electron chi connectivity index (χ0n) is 17.9. The molecule has 2 aromatic heterocycles. The van der Waals surface area contributed by atoms with Crippen molar-refractivity contribution in [3.8, 4) is 5.75 Å². The van der Waals surface area contributed by atoms with E-state index < -0.39 is 0 Å². The van der Waals surface area contributed by atoms with Crippen LogP contribution in [0.25, 0.3) is 11.2 Å². The Labute approximate surface area is 186 Å². The molecule has 0 radical (unpaired) electrons. The number of phenolic OH excluding ortho intramolecular Hbond substituents is 1. The van der Waals surface area contributed by atoms with Crippen molar-refractivity contribution in [1.29, 1.82) is 0 Å². The van der Waals surface area contributed by atoms with Crippen LogP contribution in [0.2, 0.25) is 0 Å². The van der Waals surface area contributed by atoms with Crippen LogP contribution in [0.15, 0.2) is 54.9 Å². The molecule has 4 aromatic rings. The lowest BCUT2D eigenvalue weighted by molar-refractivity contribution is 0.271. The van der Waals surface area contributed by atoms with Crippen molar-refractivity contribution in [2.75, 3.05) is 23.0 Å². The number of rotatable bonds is 9. The highest BCUT2D eigenvalue weighted by atomic mass is 16.3. The molecular weight excluding hydrogens is 406 g/mol. The zero-order chi connectivity index (χ0) is 22.5. The summed E-state index contributed by atoms with van der Waals surface area (Å²) >= 11 is 0. The van der Waals surface area contributed by atoms with Crippen molar-refractivity contribution in [3.63, 3.8) is 0 Å². The van der Waals surface area contributed by atoms with Gasteiger partial charge in [-0.25, -0.2) is 4.98 Å². The smallest absolute Gasteiger partial charge is 0.227 e. The highest BCUT2D eigenvalue weighted by molar-refractivity contribution is 5.84. The molecule has 0 aliphatic carbocycles. The minimum absolute atomic E-state index is 0.0267. The van der Waals surface area contributed by atoms with E-state index in [4.69, 9.17) is 5.73 Å². The van der Waals surface area contributed by atoms with Crippen LogP contribution >= 0.6 is 0 Å². The molecule has 0 fully saturated rings. The Hall–Kier alpha value is -3.85. The van der Waals surface area contributed by atoms with E-state index in [-0.39, 0.29) is 18.4 Å². The summed E-state index contributed by atoms with van der Waals surface area (Å²) in [5.74, 6) is 1.07. The maximum absolute atomic E-state index is 10.1. The molecule has 1 atom stereocenters. The van der Waals surface area contributed by atoms with Crippen molar-refractivity contribution in [3.05, 3.63) is 66.0 Å². The van der Waals surface area contributed by atoms with Gasteiger partial charge < -0.3 is 31.1 Å². The van der Waals surface area contributed by atoms with Gasteiger partial charge in [0.1, 0.15) is 5.75 Å².